The summed E-state index contributed by atoms with van der Waals surface area (Å²) in [6.07, 6.45) is 4.53. The van der Waals surface area contributed by atoms with E-state index in [1.807, 2.05) is 31.2 Å². The van der Waals surface area contributed by atoms with Crippen LogP contribution in [-0.2, 0) is 29.0 Å². The number of aromatic amines is 1. The lowest BCUT2D eigenvalue weighted by molar-refractivity contribution is 0.0950. The Morgan fingerprint density at radius 2 is 1.92 bits per heavy atom. The number of ether oxygens (including phenoxy) is 2. The SMILES string of the molecule is COC1OC1[C@@H](C)Cn1c(=O)[nH]/c(=N\c2ccc(CCC3CC3)c(C)c2)n(Cc2ccc(Cl)cc2)c1=O. The lowest BCUT2D eigenvalue weighted by atomic mass is 10.0. The smallest absolute Gasteiger partial charge is 0.335 e. The molecule has 2 aromatic carbocycles. The molecule has 0 radical (unpaired) electrons. The molecule has 2 unspecified atom stereocenters. The van der Waals surface area contributed by atoms with E-state index in [0.29, 0.717) is 10.7 Å². The van der Waals surface area contributed by atoms with Crippen LogP contribution < -0.4 is 17.0 Å². The highest BCUT2D eigenvalue weighted by Crippen LogP contribution is 2.34. The normalized spacial score (nSPS) is 20.3. The summed E-state index contributed by atoms with van der Waals surface area (Å²) in [5, 5.41) is 0.612. The fourth-order valence-corrected chi connectivity index (χ4v) is 4.86. The van der Waals surface area contributed by atoms with Crippen LogP contribution in [0.15, 0.2) is 57.0 Å². The molecule has 0 spiro atoms. The minimum atomic E-state index is -0.504. The minimum Gasteiger partial charge on any atom is -0.353 e. The number of benzene rings is 2. The van der Waals surface area contributed by atoms with Crippen LogP contribution in [-0.4, -0.2) is 33.6 Å². The number of hydrogen-bond donors (Lipinski definition) is 1. The molecule has 1 aromatic heterocycles. The van der Waals surface area contributed by atoms with E-state index in [2.05, 4.69) is 18.0 Å². The highest BCUT2D eigenvalue weighted by atomic mass is 35.5. The maximum atomic E-state index is 13.6. The van der Waals surface area contributed by atoms with Crippen molar-refractivity contribution in [1.29, 1.82) is 0 Å². The highest BCUT2D eigenvalue weighted by molar-refractivity contribution is 6.30. The standard InChI is InChI=1S/C28H33ClN4O4/c1-17-14-23(13-10-21(17)9-6-19-4-5-19)30-26-31-27(34)33(15-18(2)24-25(36-3)37-24)28(35)32(26)16-20-7-11-22(29)12-8-20/h7-8,10-14,18-19,24-25H,4-6,9,15-16H2,1-3H3,(H,30,31,34)/t18-,24?,25?/m0/s1. The quantitative estimate of drug-likeness (QED) is 0.407. The second-order valence-corrected chi connectivity index (χ2v) is 10.7. The molecule has 196 valence electrons. The second kappa shape index (κ2) is 10.8. The zero-order chi connectivity index (χ0) is 26.1. The summed E-state index contributed by atoms with van der Waals surface area (Å²) in [5.41, 5.74) is 3.30. The number of hydrogen-bond acceptors (Lipinski definition) is 5. The van der Waals surface area contributed by atoms with Gasteiger partial charge < -0.3 is 9.47 Å². The average molecular weight is 525 g/mol. The first-order chi connectivity index (χ1) is 17.8. The fourth-order valence-electron chi connectivity index (χ4n) is 4.73. The van der Waals surface area contributed by atoms with Gasteiger partial charge in [-0.2, -0.15) is 0 Å². The number of H-pyrrole nitrogens is 1. The number of rotatable bonds is 10. The van der Waals surface area contributed by atoms with Crippen LogP contribution in [0, 0.1) is 18.8 Å². The van der Waals surface area contributed by atoms with Gasteiger partial charge >= 0.3 is 11.4 Å². The first-order valence-electron chi connectivity index (χ1n) is 12.8. The van der Waals surface area contributed by atoms with Gasteiger partial charge in [0.15, 0.2) is 6.29 Å². The van der Waals surface area contributed by atoms with Crippen LogP contribution in [0.5, 0.6) is 0 Å². The maximum Gasteiger partial charge on any atom is 0.335 e. The van der Waals surface area contributed by atoms with Gasteiger partial charge in [0.1, 0.15) is 6.10 Å². The van der Waals surface area contributed by atoms with E-state index >= 15 is 0 Å². The molecule has 3 atom stereocenters. The van der Waals surface area contributed by atoms with Crippen LogP contribution >= 0.6 is 11.6 Å². The molecule has 37 heavy (non-hydrogen) atoms. The van der Waals surface area contributed by atoms with E-state index in [4.69, 9.17) is 26.1 Å². The summed E-state index contributed by atoms with van der Waals surface area (Å²) in [6.45, 7) is 4.46. The molecule has 1 saturated heterocycles. The van der Waals surface area contributed by atoms with Crippen LogP contribution in [0.1, 0.15) is 42.9 Å². The van der Waals surface area contributed by atoms with Crippen LogP contribution in [0.2, 0.25) is 5.02 Å². The van der Waals surface area contributed by atoms with Crippen molar-refractivity contribution >= 4 is 17.3 Å². The van der Waals surface area contributed by atoms with Gasteiger partial charge in [0.2, 0.25) is 5.62 Å². The molecule has 8 nitrogen and oxygen atoms in total. The third-order valence-electron chi connectivity index (χ3n) is 7.26. The molecular weight excluding hydrogens is 492 g/mol. The molecule has 1 aliphatic carbocycles. The van der Waals surface area contributed by atoms with Gasteiger partial charge in [0.05, 0.1) is 12.2 Å². The van der Waals surface area contributed by atoms with E-state index in [-0.39, 0.29) is 37.0 Å². The zero-order valence-electron chi connectivity index (χ0n) is 21.4. The van der Waals surface area contributed by atoms with Crippen molar-refractivity contribution in [3.63, 3.8) is 0 Å². The Kier molecular flexibility index (Phi) is 7.51. The third kappa shape index (κ3) is 6.14. The van der Waals surface area contributed by atoms with E-state index in [1.165, 1.54) is 34.0 Å². The Morgan fingerprint density at radius 3 is 2.57 bits per heavy atom. The van der Waals surface area contributed by atoms with E-state index in [1.54, 1.807) is 19.2 Å². The molecule has 3 aromatic rings. The van der Waals surface area contributed by atoms with Crippen molar-refractivity contribution in [3.05, 3.63) is 90.8 Å². The molecule has 1 N–H and O–H groups in total. The van der Waals surface area contributed by atoms with E-state index < -0.39 is 11.4 Å². The van der Waals surface area contributed by atoms with Gasteiger partial charge in [0, 0.05) is 24.6 Å². The largest absolute Gasteiger partial charge is 0.353 e. The summed E-state index contributed by atoms with van der Waals surface area (Å²) in [5.74, 6) is 0.795. The molecule has 2 aliphatic rings. The van der Waals surface area contributed by atoms with Gasteiger partial charge in [0.25, 0.3) is 0 Å². The lowest BCUT2D eigenvalue weighted by Crippen LogP contribution is -2.51. The predicted octanol–water partition coefficient (Wildman–Crippen LogP) is 3.93. The molecule has 1 saturated carbocycles. The van der Waals surface area contributed by atoms with Crippen molar-refractivity contribution in [2.24, 2.45) is 16.8 Å². The summed E-state index contributed by atoms with van der Waals surface area (Å²) >= 11 is 6.06. The molecule has 9 heteroatoms. The van der Waals surface area contributed by atoms with Crippen LogP contribution in [0.25, 0.3) is 0 Å². The van der Waals surface area contributed by atoms with Crippen molar-refractivity contribution in [3.8, 4) is 0 Å². The van der Waals surface area contributed by atoms with Crippen LogP contribution in [0.4, 0.5) is 5.69 Å². The summed E-state index contributed by atoms with van der Waals surface area (Å²) in [4.78, 5) is 34.2. The first kappa shape index (κ1) is 25.7. The molecule has 2 heterocycles. The molecule has 1 aliphatic heterocycles. The lowest BCUT2D eigenvalue weighted by Gasteiger charge is -2.14. The number of nitrogens with zero attached hydrogens (tertiary/aromatic N) is 3. The van der Waals surface area contributed by atoms with Crippen molar-refractivity contribution in [1.82, 2.24) is 14.1 Å². The summed E-state index contributed by atoms with van der Waals surface area (Å²) < 4.78 is 13.4. The van der Waals surface area contributed by atoms with Gasteiger partial charge in [-0.05, 0) is 66.6 Å². The van der Waals surface area contributed by atoms with Gasteiger partial charge in [-0.3, -0.25) is 9.55 Å². The van der Waals surface area contributed by atoms with Crippen molar-refractivity contribution in [2.75, 3.05) is 7.11 Å². The Morgan fingerprint density at radius 1 is 1.16 bits per heavy atom. The molecule has 0 amide bonds. The second-order valence-electron chi connectivity index (χ2n) is 10.2. The summed E-state index contributed by atoms with van der Waals surface area (Å²) in [7, 11) is 1.58. The number of nitrogens with one attached hydrogen (secondary N) is 1. The topological polar surface area (TPSA) is 93.9 Å². The number of epoxide rings is 1. The highest BCUT2D eigenvalue weighted by Gasteiger charge is 2.43. The van der Waals surface area contributed by atoms with E-state index in [0.717, 1.165) is 23.5 Å². The number of halogens is 1. The number of methoxy groups -OCH3 is 1. The zero-order valence-corrected chi connectivity index (χ0v) is 22.2. The minimum absolute atomic E-state index is 0.0821. The van der Waals surface area contributed by atoms with E-state index in [9.17, 15) is 9.59 Å². The monoisotopic (exact) mass is 524 g/mol. The number of aryl methyl sites for hydroxylation is 2. The maximum absolute atomic E-state index is 13.6. The Hall–Kier alpha value is -2.94. The molecule has 2 fully saturated rings. The average Bonchev–Trinajstić information content (AvgIpc) is 3.79. The van der Waals surface area contributed by atoms with Gasteiger partial charge in [-0.1, -0.05) is 49.6 Å². The Bertz CT molecular complexity index is 1450. The van der Waals surface area contributed by atoms with Crippen molar-refractivity contribution < 1.29 is 9.47 Å². The Balaban J connectivity index is 1.51. The predicted molar refractivity (Wildman–Crippen MR) is 142 cm³/mol. The first-order valence-corrected chi connectivity index (χ1v) is 13.2. The fraction of sp³-hybridized carbons (Fsp3) is 0.464. The van der Waals surface area contributed by atoms with Crippen LogP contribution in [0.3, 0.4) is 0 Å². The number of aromatic nitrogens is 3. The summed E-state index contributed by atoms with van der Waals surface area (Å²) in [6, 6.07) is 13.3. The van der Waals surface area contributed by atoms with Gasteiger partial charge in [-0.15, -0.1) is 0 Å². The molecular formula is C28H33ClN4O4. The third-order valence-corrected chi connectivity index (χ3v) is 7.51. The van der Waals surface area contributed by atoms with Crippen molar-refractivity contribution in [2.45, 2.75) is 65.0 Å². The molecule has 0 bridgehead atoms. The molecule has 5 rings (SSSR count). The van der Waals surface area contributed by atoms with Gasteiger partial charge in [-0.25, -0.2) is 19.1 Å². The Labute approximate surface area is 220 Å².